The normalized spacial score (nSPS) is 12.1. The predicted molar refractivity (Wildman–Crippen MR) is 94.8 cm³/mol. The van der Waals surface area contributed by atoms with Gasteiger partial charge in [-0.15, -0.1) is 11.6 Å². The number of ether oxygens (including phenoxy) is 1. The molecule has 0 aliphatic carbocycles. The van der Waals surface area contributed by atoms with Gasteiger partial charge in [0.05, 0.1) is 24.3 Å². The number of alkyl halides is 1. The van der Waals surface area contributed by atoms with E-state index in [1.54, 1.807) is 6.08 Å². The molecule has 0 aliphatic rings. The van der Waals surface area contributed by atoms with Gasteiger partial charge in [-0.3, -0.25) is 0 Å². The van der Waals surface area contributed by atoms with E-state index >= 15 is 0 Å². The van der Waals surface area contributed by atoms with Crippen LogP contribution >= 0.6 is 11.6 Å². The van der Waals surface area contributed by atoms with Gasteiger partial charge in [-0.25, -0.2) is 9.79 Å². The van der Waals surface area contributed by atoms with Crippen LogP contribution in [0.3, 0.4) is 0 Å². The van der Waals surface area contributed by atoms with Crippen molar-refractivity contribution in [3.8, 4) is 0 Å². The molecule has 2 rings (SSSR count). The largest absolute Gasteiger partial charge is 0.465 e. The summed E-state index contributed by atoms with van der Waals surface area (Å²) >= 11 is 5.60. The average Bonchev–Trinajstić information content (AvgIpc) is 2.61. The van der Waals surface area contributed by atoms with Gasteiger partial charge in [-0.1, -0.05) is 42.5 Å². The third-order valence-electron chi connectivity index (χ3n) is 3.10. The molecular formula is C18H17ClN2O2. The highest BCUT2D eigenvalue weighted by molar-refractivity contribution is 6.28. The number of hydrogen-bond donors (Lipinski definition) is 1. The third kappa shape index (κ3) is 4.69. The molecule has 4 nitrogen and oxygen atoms in total. The molecule has 0 saturated heterocycles. The number of methoxy groups -OCH3 is 1. The van der Waals surface area contributed by atoms with Crippen molar-refractivity contribution in [2.75, 3.05) is 13.0 Å². The number of halogens is 1. The molecule has 0 amide bonds. The van der Waals surface area contributed by atoms with Crippen molar-refractivity contribution in [3.05, 3.63) is 65.7 Å². The second-order valence-corrected chi connectivity index (χ2v) is 5.01. The standard InChI is InChI=1S/C18H17ClN2O2/c1-23-18(22)16(14-5-3-2-4-6-14)11-13-7-9-15(10-8-13)21-17(20)12-19/h2-11H,12H2,1H3,(H2,20,21). The van der Waals surface area contributed by atoms with Crippen LogP contribution in [-0.2, 0) is 9.53 Å². The molecule has 0 spiro atoms. The number of amidine groups is 1. The number of nitrogens with two attached hydrogens (primary N) is 1. The topological polar surface area (TPSA) is 64.7 Å². The Bertz CT molecular complexity index is 722. The van der Waals surface area contributed by atoms with Gasteiger partial charge in [0.25, 0.3) is 0 Å². The van der Waals surface area contributed by atoms with Gasteiger partial charge in [0.2, 0.25) is 0 Å². The minimum Gasteiger partial charge on any atom is -0.465 e. The lowest BCUT2D eigenvalue weighted by Gasteiger charge is -2.06. The SMILES string of the molecule is COC(=O)C(=Cc1ccc(N=C(N)CCl)cc1)c1ccccc1. The lowest BCUT2D eigenvalue weighted by Crippen LogP contribution is -2.12. The van der Waals surface area contributed by atoms with Gasteiger partial charge in [0, 0.05) is 0 Å². The van der Waals surface area contributed by atoms with Crippen LogP contribution in [-0.4, -0.2) is 24.8 Å². The van der Waals surface area contributed by atoms with Crippen molar-refractivity contribution in [2.45, 2.75) is 0 Å². The quantitative estimate of drug-likeness (QED) is 0.228. The fourth-order valence-corrected chi connectivity index (χ4v) is 2.05. The molecule has 5 heteroatoms. The molecule has 0 unspecified atom stereocenters. The number of nitrogens with zero attached hydrogens (tertiary/aromatic N) is 1. The number of rotatable bonds is 5. The molecule has 0 aromatic heterocycles. The van der Waals surface area contributed by atoms with E-state index < -0.39 is 0 Å². The van der Waals surface area contributed by atoms with Crippen LogP contribution in [0.5, 0.6) is 0 Å². The molecule has 2 N–H and O–H groups in total. The predicted octanol–water partition coefficient (Wildman–Crippen LogP) is 3.63. The van der Waals surface area contributed by atoms with Crippen molar-refractivity contribution in [1.29, 1.82) is 0 Å². The van der Waals surface area contributed by atoms with E-state index in [1.165, 1.54) is 7.11 Å². The van der Waals surface area contributed by atoms with Crippen molar-refractivity contribution in [3.63, 3.8) is 0 Å². The van der Waals surface area contributed by atoms with Crippen LogP contribution in [0.15, 0.2) is 59.6 Å². The summed E-state index contributed by atoms with van der Waals surface area (Å²) in [5.41, 5.74) is 8.46. The first kappa shape index (κ1) is 16.8. The van der Waals surface area contributed by atoms with Crippen LogP contribution in [0.25, 0.3) is 11.6 Å². The Hall–Kier alpha value is -2.59. The molecule has 0 saturated carbocycles. The first-order valence-corrected chi connectivity index (χ1v) is 7.52. The van der Waals surface area contributed by atoms with Gasteiger partial charge < -0.3 is 10.5 Å². The van der Waals surface area contributed by atoms with Gasteiger partial charge >= 0.3 is 5.97 Å². The Kier molecular flexibility index (Phi) is 5.94. The lowest BCUT2D eigenvalue weighted by molar-refractivity contribution is -0.133. The zero-order valence-corrected chi connectivity index (χ0v) is 13.5. The van der Waals surface area contributed by atoms with Crippen LogP contribution in [0.4, 0.5) is 5.69 Å². The molecule has 0 bridgehead atoms. The first-order valence-electron chi connectivity index (χ1n) is 6.98. The van der Waals surface area contributed by atoms with E-state index in [4.69, 9.17) is 22.1 Å². The van der Waals surface area contributed by atoms with Crippen molar-refractivity contribution < 1.29 is 9.53 Å². The van der Waals surface area contributed by atoms with Crippen LogP contribution < -0.4 is 5.73 Å². The Balaban J connectivity index is 2.34. The van der Waals surface area contributed by atoms with E-state index in [1.807, 2.05) is 54.6 Å². The van der Waals surface area contributed by atoms with E-state index in [0.717, 1.165) is 11.1 Å². The Labute approximate surface area is 140 Å². The zero-order chi connectivity index (χ0) is 16.7. The van der Waals surface area contributed by atoms with E-state index in [0.29, 0.717) is 17.1 Å². The maximum Gasteiger partial charge on any atom is 0.338 e. The summed E-state index contributed by atoms with van der Waals surface area (Å²) < 4.78 is 4.87. The highest BCUT2D eigenvalue weighted by Gasteiger charge is 2.11. The van der Waals surface area contributed by atoms with Gasteiger partial charge in [-0.05, 0) is 29.3 Å². The molecular weight excluding hydrogens is 312 g/mol. The van der Waals surface area contributed by atoms with Gasteiger partial charge in [0.15, 0.2) is 0 Å². The number of esters is 1. The molecule has 2 aromatic carbocycles. The highest BCUT2D eigenvalue weighted by atomic mass is 35.5. The maximum atomic E-state index is 12.0. The smallest absolute Gasteiger partial charge is 0.338 e. The average molecular weight is 329 g/mol. The van der Waals surface area contributed by atoms with Crippen molar-refractivity contribution >= 4 is 40.7 Å². The van der Waals surface area contributed by atoms with Crippen LogP contribution in [0, 0.1) is 0 Å². The third-order valence-corrected chi connectivity index (χ3v) is 3.38. The van der Waals surface area contributed by atoms with E-state index in [9.17, 15) is 4.79 Å². The first-order chi connectivity index (χ1) is 11.1. The molecule has 0 aliphatic heterocycles. The maximum absolute atomic E-state index is 12.0. The van der Waals surface area contributed by atoms with E-state index in [2.05, 4.69) is 4.99 Å². The molecule has 2 aromatic rings. The molecule has 23 heavy (non-hydrogen) atoms. The van der Waals surface area contributed by atoms with Crippen LogP contribution in [0.2, 0.25) is 0 Å². The molecule has 118 valence electrons. The highest BCUT2D eigenvalue weighted by Crippen LogP contribution is 2.21. The summed E-state index contributed by atoms with van der Waals surface area (Å²) in [5, 5.41) is 0. The minimum atomic E-state index is -0.385. The summed E-state index contributed by atoms with van der Waals surface area (Å²) in [6.45, 7) is 0. The minimum absolute atomic E-state index is 0.183. The summed E-state index contributed by atoms with van der Waals surface area (Å²) in [5.74, 6) is 0.154. The van der Waals surface area contributed by atoms with Crippen LogP contribution in [0.1, 0.15) is 11.1 Å². The monoisotopic (exact) mass is 328 g/mol. The van der Waals surface area contributed by atoms with E-state index in [-0.39, 0.29) is 11.8 Å². The van der Waals surface area contributed by atoms with Gasteiger partial charge in [0.1, 0.15) is 5.84 Å². The van der Waals surface area contributed by atoms with Crippen molar-refractivity contribution in [2.24, 2.45) is 10.7 Å². The van der Waals surface area contributed by atoms with Gasteiger partial charge in [-0.2, -0.15) is 0 Å². The number of hydrogen-bond acceptors (Lipinski definition) is 3. The molecule has 0 heterocycles. The van der Waals surface area contributed by atoms with Crippen molar-refractivity contribution in [1.82, 2.24) is 0 Å². The number of carbonyl (C=O) groups excluding carboxylic acids is 1. The lowest BCUT2D eigenvalue weighted by atomic mass is 10.0. The Morgan fingerprint density at radius 2 is 1.83 bits per heavy atom. The summed E-state index contributed by atoms with van der Waals surface area (Å²) in [4.78, 5) is 16.2. The zero-order valence-electron chi connectivity index (χ0n) is 12.7. The molecule has 0 radical (unpaired) electrons. The number of carbonyl (C=O) groups is 1. The number of benzene rings is 2. The second-order valence-electron chi connectivity index (χ2n) is 4.74. The molecule has 0 fully saturated rings. The fraction of sp³-hybridized carbons (Fsp3) is 0.111. The molecule has 0 atom stereocenters. The summed E-state index contributed by atoms with van der Waals surface area (Å²) in [6, 6.07) is 16.7. The Morgan fingerprint density at radius 3 is 2.39 bits per heavy atom. The summed E-state index contributed by atoms with van der Waals surface area (Å²) in [7, 11) is 1.37. The summed E-state index contributed by atoms with van der Waals surface area (Å²) in [6.07, 6.45) is 1.78. The second kappa shape index (κ2) is 8.15. The number of aliphatic imine (C=N–C) groups is 1. The fourth-order valence-electron chi connectivity index (χ4n) is 2.00. The Morgan fingerprint density at radius 1 is 1.17 bits per heavy atom.